The molecule has 2 atom stereocenters. The lowest BCUT2D eigenvalue weighted by Gasteiger charge is -2.40. The normalized spacial score (nSPS) is 16.9. The van der Waals surface area contributed by atoms with Crippen LogP contribution in [-0.4, -0.2) is 38.6 Å². The van der Waals surface area contributed by atoms with Gasteiger partial charge in [0.05, 0.1) is 6.04 Å². The Bertz CT molecular complexity index is 1450. The zero-order chi connectivity index (χ0) is 27.6. The van der Waals surface area contributed by atoms with Gasteiger partial charge >= 0.3 is 11.7 Å². The van der Waals surface area contributed by atoms with Gasteiger partial charge in [0.15, 0.2) is 11.6 Å². The summed E-state index contributed by atoms with van der Waals surface area (Å²) in [5, 5.41) is 10.1. The molecule has 0 radical (unpaired) electrons. The Labute approximate surface area is 224 Å². The third-order valence-electron chi connectivity index (χ3n) is 6.84. The average Bonchev–Trinajstić information content (AvgIpc) is 2.86. The van der Waals surface area contributed by atoms with Gasteiger partial charge in [0, 0.05) is 34.9 Å². The number of hydrogen-bond acceptors (Lipinski definition) is 5. The molecule has 2 heterocycles. The van der Waals surface area contributed by atoms with Crippen LogP contribution in [-0.2, 0) is 0 Å². The summed E-state index contributed by atoms with van der Waals surface area (Å²) >= 11 is 6.05. The number of nitrogens with zero attached hydrogens (tertiary/aromatic N) is 2. The number of carboxylic acids is 1. The summed E-state index contributed by atoms with van der Waals surface area (Å²) < 4.78 is 23.5. The number of aromatic amines is 1. The lowest BCUT2D eigenvalue weighted by molar-refractivity contribution is 0.0692. The minimum Gasteiger partial charge on any atom is -0.478 e. The van der Waals surface area contributed by atoms with E-state index in [0.29, 0.717) is 35.7 Å². The Hall–Kier alpha value is -3.43. The van der Waals surface area contributed by atoms with Gasteiger partial charge in [-0.1, -0.05) is 37.6 Å². The Morgan fingerprint density at radius 2 is 2.03 bits per heavy atom. The van der Waals surface area contributed by atoms with Crippen LogP contribution in [0.15, 0.2) is 52.2 Å². The molecule has 1 aromatic heterocycles. The second-order valence-corrected chi connectivity index (χ2v) is 10.6. The predicted molar refractivity (Wildman–Crippen MR) is 143 cm³/mol. The van der Waals surface area contributed by atoms with E-state index in [2.05, 4.69) is 9.88 Å². The van der Waals surface area contributed by atoms with Gasteiger partial charge in [-0.05, 0) is 62.9 Å². The van der Waals surface area contributed by atoms with Gasteiger partial charge in [-0.25, -0.2) is 14.0 Å². The number of rotatable bonds is 8. The van der Waals surface area contributed by atoms with E-state index < -0.39 is 23.0 Å². The highest BCUT2D eigenvalue weighted by Crippen LogP contribution is 2.39. The minimum atomic E-state index is -1.31. The van der Waals surface area contributed by atoms with E-state index in [9.17, 15) is 19.5 Å². The van der Waals surface area contributed by atoms with Crippen molar-refractivity contribution in [2.24, 2.45) is 5.92 Å². The number of piperidine rings is 1. The SMILES string of the molecule is Cc1cn([C@H]2CCCN([C@@H](CC(C)C)c3ccc(C(=O)O)c(Oc4cccc(Cl)c4)c3F)C2)c(=O)[nH]c1=O. The molecule has 0 amide bonds. The highest BCUT2D eigenvalue weighted by molar-refractivity contribution is 6.30. The molecule has 0 aliphatic carbocycles. The maximum atomic E-state index is 16.2. The summed E-state index contributed by atoms with van der Waals surface area (Å²) in [5.41, 5.74) is -0.405. The molecule has 8 nitrogen and oxygen atoms in total. The summed E-state index contributed by atoms with van der Waals surface area (Å²) in [6.45, 7) is 6.87. The van der Waals surface area contributed by atoms with E-state index in [1.807, 2.05) is 13.8 Å². The van der Waals surface area contributed by atoms with Crippen molar-refractivity contribution in [1.82, 2.24) is 14.5 Å². The van der Waals surface area contributed by atoms with E-state index in [1.54, 1.807) is 35.9 Å². The molecule has 1 fully saturated rings. The van der Waals surface area contributed by atoms with Crippen molar-refractivity contribution in [3.63, 3.8) is 0 Å². The van der Waals surface area contributed by atoms with E-state index in [-0.39, 0.29) is 35.1 Å². The number of aromatic nitrogens is 2. The van der Waals surface area contributed by atoms with Crippen LogP contribution in [0.1, 0.15) is 66.7 Å². The first-order chi connectivity index (χ1) is 18.0. The molecular weight excluding hydrogens is 513 g/mol. The number of hydrogen-bond donors (Lipinski definition) is 2. The first-order valence-electron chi connectivity index (χ1n) is 12.6. The molecule has 202 valence electrons. The predicted octanol–water partition coefficient (Wildman–Crippen LogP) is 5.55. The molecule has 2 N–H and O–H groups in total. The summed E-state index contributed by atoms with van der Waals surface area (Å²) in [5.74, 6) is -1.99. The number of nitrogens with one attached hydrogen (secondary N) is 1. The molecular formula is C28H31ClFN3O5. The largest absolute Gasteiger partial charge is 0.478 e. The van der Waals surface area contributed by atoms with E-state index >= 15 is 4.39 Å². The molecule has 0 unspecified atom stereocenters. The standard InChI is InChI=1S/C28H31ClFN3O5/c1-16(2)12-23(32-11-5-7-19(15-32)33-14-17(3)26(34)31-28(33)37)21-9-10-22(27(35)36)25(24(21)30)38-20-8-4-6-18(29)13-20/h4,6,8-10,13-14,16,19,23H,5,7,11-12,15H2,1-3H3,(H,35,36)(H,31,34,37)/t19-,23-/m0/s1. The van der Waals surface area contributed by atoms with Gasteiger partial charge in [-0.15, -0.1) is 0 Å². The monoisotopic (exact) mass is 543 g/mol. The van der Waals surface area contributed by atoms with E-state index in [1.165, 1.54) is 18.2 Å². The topological polar surface area (TPSA) is 105 Å². The maximum absolute atomic E-state index is 16.2. The van der Waals surface area contributed by atoms with Gasteiger partial charge in [0.25, 0.3) is 5.56 Å². The van der Waals surface area contributed by atoms with Gasteiger partial charge in [-0.3, -0.25) is 19.2 Å². The van der Waals surface area contributed by atoms with Crippen molar-refractivity contribution in [2.75, 3.05) is 13.1 Å². The van der Waals surface area contributed by atoms with Crippen LogP contribution in [0, 0.1) is 18.7 Å². The Balaban J connectivity index is 1.74. The molecule has 1 saturated heterocycles. The number of aryl methyl sites for hydroxylation is 1. The van der Waals surface area contributed by atoms with Crippen LogP contribution in [0.3, 0.4) is 0 Å². The zero-order valence-electron chi connectivity index (χ0n) is 21.5. The van der Waals surface area contributed by atoms with E-state index in [0.717, 1.165) is 12.8 Å². The van der Waals surface area contributed by atoms with Crippen molar-refractivity contribution in [3.8, 4) is 11.5 Å². The first-order valence-corrected chi connectivity index (χ1v) is 13.0. The van der Waals surface area contributed by atoms with Crippen LogP contribution in [0.5, 0.6) is 11.5 Å². The third-order valence-corrected chi connectivity index (χ3v) is 7.07. The number of likely N-dealkylation sites (tertiary alicyclic amines) is 1. The zero-order valence-corrected chi connectivity index (χ0v) is 22.3. The van der Waals surface area contributed by atoms with Gasteiger partial charge in [-0.2, -0.15) is 0 Å². The molecule has 1 aliphatic rings. The molecule has 3 aromatic rings. The lowest BCUT2D eigenvalue weighted by Crippen LogP contribution is -2.43. The highest BCUT2D eigenvalue weighted by atomic mass is 35.5. The van der Waals surface area contributed by atoms with Gasteiger partial charge < -0.3 is 9.84 Å². The molecule has 2 aromatic carbocycles. The van der Waals surface area contributed by atoms with Crippen LogP contribution < -0.4 is 16.0 Å². The lowest BCUT2D eigenvalue weighted by atomic mass is 9.91. The Morgan fingerprint density at radius 3 is 2.71 bits per heavy atom. The quantitative estimate of drug-likeness (QED) is 0.386. The van der Waals surface area contributed by atoms with Crippen molar-refractivity contribution in [3.05, 3.63) is 91.0 Å². The second kappa shape index (κ2) is 11.5. The molecule has 0 saturated carbocycles. The van der Waals surface area contributed by atoms with Crippen LogP contribution in [0.2, 0.25) is 5.02 Å². The van der Waals surface area contributed by atoms with Crippen molar-refractivity contribution in [1.29, 1.82) is 0 Å². The molecule has 10 heteroatoms. The van der Waals surface area contributed by atoms with Crippen molar-refractivity contribution < 1.29 is 19.0 Å². The molecule has 4 rings (SSSR count). The molecule has 0 spiro atoms. The fourth-order valence-corrected chi connectivity index (χ4v) is 5.20. The number of carboxylic acid groups (broad SMARTS) is 1. The highest BCUT2D eigenvalue weighted by Gasteiger charge is 2.32. The first kappa shape index (κ1) is 27.6. The number of aromatic carboxylic acids is 1. The van der Waals surface area contributed by atoms with Crippen LogP contribution in [0.4, 0.5) is 4.39 Å². The van der Waals surface area contributed by atoms with E-state index in [4.69, 9.17) is 16.3 Å². The second-order valence-electron chi connectivity index (χ2n) is 10.1. The van der Waals surface area contributed by atoms with Crippen LogP contribution in [0.25, 0.3) is 0 Å². The number of benzene rings is 2. The number of H-pyrrole nitrogens is 1. The summed E-state index contributed by atoms with van der Waals surface area (Å²) in [6, 6.07) is 8.63. The number of halogens is 2. The minimum absolute atomic E-state index is 0.203. The Morgan fingerprint density at radius 1 is 1.26 bits per heavy atom. The summed E-state index contributed by atoms with van der Waals surface area (Å²) in [4.78, 5) is 40.9. The fourth-order valence-electron chi connectivity index (χ4n) is 5.02. The molecule has 0 bridgehead atoms. The number of carbonyl (C=O) groups is 1. The fraction of sp³-hybridized carbons (Fsp3) is 0.393. The van der Waals surface area contributed by atoms with Crippen LogP contribution >= 0.6 is 11.6 Å². The van der Waals surface area contributed by atoms with Gasteiger partial charge in [0.1, 0.15) is 11.3 Å². The maximum Gasteiger partial charge on any atom is 0.339 e. The average molecular weight is 544 g/mol. The molecule has 38 heavy (non-hydrogen) atoms. The van der Waals surface area contributed by atoms with Crippen molar-refractivity contribution in [2.45, 2.75) is 52.1 Å². The van der Waals surface area contributed by atoms with Crippen molar-refractivity contribution >= 4 is 17.6 Å². The van der Waals surface area contributed by atoms with Gasteiger partial charge in [0.2, 0.25) is 0 Å². The molecule has 1 aliphatic heterocycles. The summed E-state index contributed by atoms with van der Waals surface area (Å²) in [6.07, 6.45) is 3.68. The number of ether oxygens (including phenoxy) is 1. The third kappa shape index (κ3) is 6.00. The smallest absolute Gasteiger partial charge is 0.339 e. The Kier molecular flexibility index (Phi) is 8.38. The summed E-state index contributed by atoms with van der Waals surface area (Å²) in [7, 11) is 0.